The van der Waals surface area contributed by atoms with Gasteiger partial charge in [-0.2, -0.15) is 0 Å². The number of nitrogens with zero attached hydrogens (tertiary/aromatic N) is 5. The van der Waals surface area contributed by atoms with E-state index in [0.29, 0.717) is 31.3 Å². The van der Waals surface area contributed by atoms with Gasteiger partial charge < -0.3 is 14.2 Å². The van der Waals surface area contributed by atoms with Gasteiger partial charge in [0, 0.05) is 37.9 Å². The summed E-state index contributed by atoms with van der Waals surface area (Å²) in [6.07, 6.45) is 4.80. The number of aromatic nitrogens is 4. The highest BCUT2D eigenvalue weighted by atomic mass is 16.5. The van der Waals surface area contributed by atoms with Crippen LogP contribution in [0.5, 0.6) is 0 Å². The first-order valence-corrected chi connectivity index (χ1v) is 6.83. The predicted octanol–water partition coefficient (Wildman–Crippen LogP) is 0.732. The van der Waals surface area contributed by atoms with Gasteiger partial charge in [0.25, 0.3) is 5.91 Å². The average molecular weight is 287 g/mol. The van der Waals surface area contributed by atoms with E-state index in [1.807, 2.05) is 20.0 Å². The third kappa shape index (κ3) is 2.78. The Morgan fingerprint density at radius 3 is 2.95 bits per heavy atom. The molecule has 7 heteroatoms. The molecule has 1 fully saturated rings. The monoisotopic (exact) mass is 287 g/mol. The van der Waals surface area contributed by atoms with Crippen molar-refractivity contribution >= 4 is 5.91 Å². The molecule has 1 amide bonds. The molecule has 2 aromatic rings. The second kappa shape index (κ2) is 5.61. The van der Waals surface area contributed by atoms with Crippen LogP contribution in [0.4, 0.5) is 0 Å². The minimum Gasteiger partial charge on any atom is -0.367 e. The zero-order valence-corrected chi connectivity index (χ0v) is 12.1. The maximum Gasteiger partial charge on any atom is 0.290 e. The molecule has 0 aromatic carbocycles. The van der Waals surface area contributed by atoms with Crippen molar-refractivity contribution in [2.24, 2.45) is 7.05 Å². The Hall–Kier alpha value is -2.28. The van der Waals surface area contributed by atoms with Crippen LogP contribution >= 0.6 is 0 Å². The van der Waals surface area contributed by atoms with Crippen molar-refractivity contribution in [3.63, 3.8) is 0 Å². The maximum atomic E-state index is 12.5. The Morgan fingerprint density at radius 2 is 2.24 bits per heavy atom. The highest BCUT2D eigenvalue weighted by Gasteiger charge is 2.29. The summed E-state index contributed by atoms with van der Waals surface area (Å²) in [6, 6.07) is 1.84. The third-order valence-electron chi connectivity index (χ3n) is 3.47. The number of carbonyl (C=O) groups is 1. The smallest absolute Gasteiger partial charge is 0.290 e. The Bertz CT molecular complexity index is 654. The quantitative estimate of drug-likeness (QED) is 0.814. The highest BCUT2D eigenvalue weighted by molar-refractivity contribution is 5.90. The van der Waals surface area contributed by atoms with Crippen molar-refractivity contribution in [2.75, 3.05) is 19.7 Å². The fraction of sp³-hybridized carbons (Fsp3) is 0.429. The van der Waals surface area contributed by atoms with E-state index >= 15 is 0 Å². The summed E-state index contributed by atoms with van der Waals surface area (Å²) in [7, 11) is 1.81. The van der Waals surface area contributed by atoms with Crippen LogP contribution < -0.4 is 0 Å². The van der Waals surface area contributed by atoms with Gasteiger partial charge >= 0.3 is 0 Å². The lowest BCUT2D eigenvalue weighted by molar-refractivity contribution is -0.0273. The van der Waals surface area contributed by atoms with Crippen molar-refractivity contribution in [3.8, 4) is 0 Å². The van der Waals surface area contributed by atoms with Crippen LogP contribution in [-0.4, -0.2) is 50.0 Å². The van der Waals surface area contributed by atoms with Gasteiger partial charge in [-0.25, -0.2) is 15.0 Å². The van der Waals surface area contributed by atoms with Crippen molar-refractivity contribution in [3.05, 3.63) is 42.0 Å². The summed E-state index contributed by atoms with van der Waals surface area (Å²) in [5.41, 5.74) is 0.885. The van der Waals surface area contributed by atoms with Gasteiger partial charge in [-0.05, 0) is 13.0 Å². The molecule has 0 unspecified atom stereocenters. The lowest BCUT2D eigenvalue weighted by Gasteiger charge is -2.31. The zero-order chi connectivity index (χ0) is 14.8. The van der Waals surface area contributed by atoms with E-state index in [0.717, 1.165) is 5.69 Å². The molecule has 0 spiro atoms. The topological polar surface area (TPSA) is 73.1 Å². The summed E-state index contributed by atoms with van der Waals surface area (Å²) in [4.78, 5) is 26.9. The van der Waals surface area contributed by atoms with Gasteiger partial charge in [0.15, 0.2) is 11.6 Å². The minimum absolute atomic E-state index is 0.0940. The molecule has 3 heterocycles. The third-order valence-corrected chi connectivity index (χ3v) is 3.47. The number of carbonyl (C=O) groups excluding carboxylic acids is 1. The molecule has 0 saturated carbocycles. The number of amides is 1. The maximum absolute atomic E-state index is 12.5. The number of hydrogen-bond acceptors (Lipinski definition) is 5. The highest BCUT2D eigenvalue weighted by Crippen LogP contribution is 2.20. The summed E-state index contributed by atoms with van der Waals surface area (Å²) >= 11 is 0. The first-order valence-electron chi connectivity index (χ1n) is 6.83. The summed E-state index contributed by atoms with van der Waals surface area (Å²) < 4.78 is 7.42. The van der Waals surface area contributed by atoms with E-state index in [-0.39, 0.29) is 12.0 Å². The molecule has 0 bridgehead atoms. The van der Waals surface area contributed by atoms with Crippen molar-refractivity contribution < 1.29 is 9.53 Å². The van der Waals surface area contributed by atoms with E-state index in [4.69, 9.17) is 4.74 Å². The van der Waals surface area contributed by atoms with Gasteiger partial charge in [0.2, 0.25) is 0 Å². The van der Waals surface area contributed by atoms with Crippen LogP contribution in [0, 0.1) is 6.92 Å². The number of hydrogen-bond donors (Lipinski definition) is 0. The molecule has 1 aliphatic heterocycles. The first kappa shape index (κ1) is 13.7. The number of ether oxygens (including phenoxy) is 1. The zero-order valence-electron chi connectivity index (χ0n) is 12.1. The lowest BCUT2D eigenvalue weighted by Crippen LogP contribution is -2.43. The summed E-state index contributed by atoms with van der Waals surface area (Å²) in [6.45, 7) is 3.37. The Balaban J connectivity index is 1.77. The Labute approximate surface area is 122 Å². The van der Waals surface area contributed by atoms with Gasteiger partial charge in [0.05, 0.1) is 13.2 Å². The molecule has 0 N–H and O–H groups in total. The van der Waals surface area contributed by atoms with E-state index in [2.05, 4.69) is 15.0 Å². The number of rotatable bonds is 2. The van der Waals surface area contributed by atoms with Crippen molar-refractivity contribution in [1.29, 1.82) is 0 Å². The Morgan fingerprint density at radius 1 is 1.38 bits per heavy atom. The molecule has 1 atom stereocenters. The molecule has 1 aliphatic rings. The fourth-order valence-electron chi connectivity index (χ4n) is 2.33. The van der Waals surface area contributed by atoms with Gasteiger partial charge in [-0.15, -0.1) is 0 Å². The van der Waals surface area contributed by atoms with Crippen LogP contribution in [0.1, 0.15) is 28.2 Å². The van der Waals surface area contributed by atoms with Crippen molar-refractivity contribution in [1.82, 2.24) is 24.4 Å². The molecular weight excluding hydrogens is 270 g/mol. The van der Waals surface area contributed by atoms with E-state index < -0.39 is 0 Å². The van der Waals surface area contributed by atoms with Crippen LogP contribution in [0.3, 0.4) is 0 Å². The second-order valence-electron chi connectivity index (χ2n) is 5.03. The average Bonchev–Trinajstić information content (AvgIpc) is 2.93. The van der Waals surface area contributed by atoms with Crippen LogP contribution in [0.25, 0.3) is 0 Å². The number of imidazole rings is 1. The molecule has 110 valence electrons. The minimum atomic E-state index is -0.289. The molecule has 3 rings (SSSR count). The standard InChI is InChI=1S/C14H17N5O2/c1-10-3-4-15-12(17-10)11-9-19(7-8-21-11)14(20)13-16-5-6-18(13)2/h3-6,11H,7-9H2,1-2H3/t11-/m1/s1. The number of aryl methyl sites for hydroxylation is 2. The summed E-state index contributed by atoms with van der Waals surface area (Å²) in [5.74, 6) is 0.955. The summed E-state index contributed by atoms with van der Waals surface area (Å²) in [5, 5.41) is 0. The molecule has 21 heavy (non-hydrogen) atoms. The normalized spacial score (nSPS) is 18.8. The second-order valence-corrected chi connectivity index (χ2v) is 5.03. The molecule has 7 nitrogen and oxygen atoms in total. The van der Waals surface area contributed by atoms with Gasteiger partial charge in [0.1, 0.15) is 6.10 Å². The molecular formula is C14H17N5O2. The van der Waals surface area contributed by atoms with Gasteiger partial charge in [-0.3, -0.25) is 4.79 Å². The van der Waals surface area contributed by atoms with E-state index in [1.54, 1.807) is 28.1 Å². The SMILES string of the molecule is Cc1ccnc([C@H]2CN(C(=O)c3nccn3C)CCO2)n1. The van der Waals surface area contributed by atoms with Crippen LogP contribution in [0.15, 0.2) is 24.7 Å². The molecule has 0 aliphatic carbocycles. The van der Waals surface area contributed by atoms with Crippen LogP contribution in [0.2, 0.25) is 0 Å². The fourth-order valence-corrected chi connectivity index (χ4v) is 2.33. The molecule has 0 radical (unpaired) electrons. The largest absolute Gasteiger partial charge is 0.367 e. The van der Waals surface area contributed by atoms with Crippen molar-refractivity contribution in [2.45, 2.75) is 13.0 Å². The van der Waals surface area contributed by atoms with Crippen LogP contribution in [-0.2, 0) is 11.8 Å². The molecule has 1 saturated heterocycles. The van der Waals surface area contributed by atoms with E-state index in [1.165, 1.54) is 0 Å². The molecule has 2 aromatic heterocycles. The Kier molecular flexibility index (Phi) is 3.66. The number of morpholine rings is 1. The predicted molar refractivity (Wildman–Crippen MR) is 74.6 cm³/mol. The lowest BCUT2D eigenvalue weighted by atomic mass is 10.2. The van der Waals surface area contributed by atoms with E-state index in [9.17, 15) is 4.79 Å². The van der Waals surface area contributed by atoms with Gasteiger partial charge in [-0.1, -0.05) is 0 Å². The first-order chi connectivity index (χ1) is 10.1.